The summed E-state index contributed by atoms with van der Waals surface area (Å²) in [5.41, 5.74) is 1.80. The summed E-state index contributed by atoms with van der Waals surface area (Å²) in [4.78, 5) is 24.2. The fraction of sp³-hybridized carbons (Fsp3) is 0.316. The molecule has 0 radical (unpaired) electrons. The van der Waals surface area contributed by atoms with E-state index in [2.05, 4.69) is 30.6 Å². The number of carbonyl (C=O) groups is 1. The highest BCUT2D eigenvalue weighted by Gasteiger charge is 2.26. The molecule has 4 rings (SSSR count). The number of amides is 1. The maximum absolute atomic E-state index is 12.2. The molecule has 0 saturated heterocycles. The van der Waals surface area contributed by atoms with Crippen LogP contribution in [0.5, 0.6) is 5.75 Å². The summed E-state index contributed by atoms with van der Waals surface area (Å²) in [6.07, 6.45) is 2.45. The topological polar surface area (TPSA) is 144 Å². The number of rotatable bonds is 4. The SMILES string of the molecule is CCn1c(-c2nonc2NC(=O)OC(C)(C)C)nc2c(-c3ccc[nH]3)ncc(O)c21. The smallest absolute Gasteiger partial charge is 0.413 e. The zero-order valence-corrected chi connectivity index (χ0v) is 16.9. The zero-order chi connectivity index (χ0) is 21.5. The van der Waals surface area contributed by atoms with Crippen molar-refractivity contribution in [3.63, 3.8) is 0 Å². The second kappa shape index (κ2) is 7.17. The number of fused-ring (bicyclic) bond motifs is 1. The summed E-state index contributed by atoms with van der Waals surface area (Å²) >= 11 is 0. The van der Waals surface area contributed by atoms with E-state index in [1.54, 1.807) is 31.5 Å². The minimum absolute atomic E-state index is 0.0287. The van der Waals surface area contributed by atoms with Crippen LogP contribution in [0.4, 0.5) is 10.6 Å². The number of ether oxygens (including phenoxy) is 1. The first-order valence-electron chi connectivity index (χ1n) is 9.33. The highest BCUT2D eigenvalue weighted by Crippen LogP contribution is 2.35. The second-order valence-electron chi connectivity index (χ2n) is 7.54. The molecule has 0 atom stereocenters. The summed E-state index contributed by atoms with van der Waals surface area (Å²) in [5.74, 6) is 0.387. The maximum atomic E-state index is 12.2. The molecule has 4 aromatic rings. The summed E-state index contributed by atoms with van der Waals surface area (Å²) < 4.78 is 11.9. The van der Waals surface area contributed by atoms with Gasteiger partial charge in [0.2, 0.25) is 5.82 Å². The minimum atomic E-state index is -0.699. The molecule has 0 aliphatic heterocycles. The molecule has 4 heterocycles. The predicted octanol–water partition coefficient (Wildman–Crippen LogP) is 3.55. The van der Waals surface area contributed by atoms with Crippen LogP contribution in [0.2, 0.25) is 0 Å². The van der Waals surface area contributed by atoms with E-state index in [-0.39, 0.29) is 17.3 Å². The van der Waals surface area contributed by atoms with Crippen molar-refractivity contribution in [2.75, 3.05) is 5.32 Å². The normalized spacial score (nSPS) is 11.7. The van der Waals surface area contributed by atoms with E-state index in [0.29, 0.717) is 29.1 Å². The van der Waals surface area contributed by atoms with Gasteiger partial charge >= 0.3 is 6.09 Å². The lowest BCUT2D eigenvalue weighted by Gasteiger charge is -2.19. The monoisotopic (exact) mass is 411 g/mol. The molecule has 0 aliphatic carbocycles. The molecular weight excluding hydrogens is 390 g/mol. The van der Waals surface area contributed by atoms with Crippen LogP contribution in [-0.4, -0.2) is 46.6 Å². The molecular formula is C19H21N7O4. The molecule has 0 spiro atoms. The Kier molecular flexibility index (Phi) is 4.65. The number of anilines is 1. The van der Waals surface area contributed by atoms with Crippen LogP contribution in [0.25, 0.3) is 33.9 Å². The molecule has 0 aliphatic rings. The van der Waals surface area contributed by atoms with Crippen molar-refractivity contribution < 1.29 is 19.3 Å². The Bertz CT molecular complexity index is 1200. The number of H-pyrrole nitrogens is 1. The third kappa shape index (κ3) is 3.45. The number of aromatic nitrogens is 6. The van der Waals surface area contributed by atoms with Gasteiger partial charge in [-0.15, -0.1) is 0 Å². The van der Waals surface area contributed by atoms with Crippen molar-refractivity contribution in [2.45, 2.75) is 39.8 Å². The number of hydrogen-bond donors (Lipinski definition) is 3. The van der Waals surface area contributed by atoms with Gasteiger partial charge in [0, 0.05) is 12.7 Å². The second-order valence-corrected chi connectivity index (χ2v) is 7.54. The third-order valence-electron chi connectivity index (χ3n) is 4.24. The summed E-state index contributed by atoms with van der Waals surface area (Å²) in [5, 5.41) is 20.7. The fourth-order valence-electron chi connectivity index (χ4n) is 3.11. The van der Waals surface area contributed by atoms with Gasteiger partial charge in [0.15, 0.2) is 17.3 Å². The van der Waals surface area contributed by atoms with Crippen LogP contribution in [-0.2, 0) is 11.3 Å². The van der Waals surface area contributed by atoms with Gasteiger partial charge in [0.05, 0.1) is 11.9 Å². The van der Waals surface area contributed by atoms with Gasteiger partial charge in [-0.05, 0) is 50.1 Å². The average Bonchev–Trinajstić information content (AvgIpc) is 3.39. The van der Waals surface area contributed by atoms with Crippen molar-refractivity contribution >= 4 is 22.9 Å². The van der Waals surface area contributed by atoms with Crippen LogP contribution in [0.15, 0.2) is 29.2 Å². The minimum Gasteiger partial charge on any atom is -0.504 e. The Hall–Kier alpha value is -3.89. The number of nitrogens with zero attached hydrogens (tertiary/aromatic N) is 5. The zero-order valence-electron chi connectivity index (χ0n) is 16.9. The van der Waals surface area contributed by atoms with Gasteiger partial charge < -0.3 is 19.4 Å². The van der Waals surface area contributed by atoms with E-state index in [4.69, 9.17) is 9.37 Å². The first kappa shape index (κ1) is 19.4. The largest absolute Gasteiger partial charge is 0.504 e. The van der Waals surface area contributed by atoms with Crippen LogP contribution < -0.4 is 5.32 Å². The Labute approximate surface area is 171 Å². The molecule has 4 aromatic heterocycles. The first-order chi connectivity index (χ1) is 14.3. The maximum Gasteiger partial charge on any atom is 0.413 e. The highest BCUT2D eigenvalue weighted by molar-refractivity contribution is 5.96. The van der Waals surface area contributed by atoms with Gasteiger partial charge in [-0.2, -0.15) is 0 Å². The number of nitrogens with one attached hydrogen (secondary N) is 2. The molecule has 0 unspecified atom stereocenters. The van der Waals surface area contributed by atoms with E-state index in [9.17, 15) is 9.90 Å². The summed E-state index contributed by atoms with van der Waals surface area (Å²) in [6.45, 7) is 7.62. The molecule has 30 heavy (non-hydrogen) atoms. The molecule has 1 amide bonds. The highest BCUT2D eigenvalue weighted by atomic mass is 16.6. The number of aromatic amines is 1. The molecule has 0 bridgehead atoms. The Morgan fingerprint density at radius 2 is 2.13 bits per heavy atom. The van der Waals surface area contributed by atoms with Gasteiger partial charge in [-0.3, -0.25) is 5.32 Å². The van der Waals surface area contributed by atoms with E-state index in [1.807, 2.05) is 19.1 Å². The van der Waals surface area contributed by atoms with E-state index in [1.165, 1.54) is 6.20 Å². The molecule has 11 heteroatoms. The van der Waals surface area contributed by atoms with Crippen LogP contribution in [0, 0.1) is 0 Å². The third-order valence-corrected chi connectivity index (χ3v) is 4.24. The number of imidazole rings is 1. The molecule has 156 valence electrons. The number of aromatic hydroxyl groups is 1. The van der Waals surface area contributed by atoms with Crippen molar-refractivity contribution in [1.29, 1.82) is 0 Å². The Morgan fingerprint density at radius 1 is 1.33 bits per heavy atom. The van der Waals surface area contributed by atoms with E-state index < -0.39 is 11.7 Å². The van der Waals surface area contributed by atoms with E-state index >= 15 is 0 Å². The molecule has 0 fully saturated rings. The van der Waals surface area contributed by atoms with Crippen LogP contribution in [0.3, 0.4) is 0 Å². The Balaban J connectivity index is 1.83. The van der Waals surface area contributed by atoms with Gasteiger partial charge in [0.1, 0.15) is 22.3 Å². The molecule has 11 nitrogen and oxygen atoms in total. The Morgan fingerprint density at radius 3 is 2.80 bits per heavy atom. The molecule has 0 saturated carbocycles. The summed E-state index contributed by atoms with van der Waals surface area (Å²) in [6, 6.07) is 3.70. The lowest BCUT2D eigenvalue weighted by molar-refractivity contribution is 0.0634. The van der Waals surface area contributed by atoms with E-state index in [0.717, 1.165) is 5.69 Å². The quantitative estimate of drug-likeness (QED) is 0.462. The molecule has 3 N–H and O–H groups in total. The van der Waals surface area contributed by atoms with Gasteiger partial charge in [-0.25, -0.2) is 19.4 Å². The predicted molar refractivity (Wildman–Crippen MR) is 108 cm³/mol. The first-order valence-corrected chi connectivity index (χ1v) is 9.33. The fourth-order valence-corrected chi connectivity index (χ4v) is 3.11. The van der Waals surface area contributed by atoms with Crippen LogP contribution in [0.1, 0.15) is 27.7 Å². The lowest BCUT2D eigenvalue weighted by Crippen LogP contribution is -2.27. The summed E-state index contributed by atoms with van der Waals surface area (Å²) in [7, 11) is 0. The lowest BCUT2D eigenvalue weighted by atomic mass is 10.2. The number of pyridine rings is 1. The van der Waals surface area contributed by atoms with Crippen LogP contribution >= 0.6 is 0 Å². The van der Waals surface area contributed by atoms with Gasteiger partial charge in [0.25, 0.3) is 0 Å². The van der Waals surface area contributed by atoms with Crippen molar-refractivity contribution in [3.8, 4) is 28.7 Å². The van der Waals surface area contributed by atoms with Crippen molar-refractivity contribution in [2.24, 2.45) is 0 Å². The number of carbonyl (C=O) groups excluding carboxylic acids is 1. The van der Waals surface area contributed by atoms with Crippen molar-refractivity contribution in [3.05, 3.63) is 24.5 Å². The number of aryl methyl sites for hydroxylation is 1. The standard InChI is InChI=1S/C19H21N7O4/c1-5-26-15-11(27)9-21-12(10-7-6-8-20-10)13(15)22-17(26)14-16(25-30-24-14)23-18(28)29-19(2,3)4/h6-9,20,27H,5H2,1-4H3,(H,23,25,28). The van der Waals surface area contributed by atoms with Crippen molar-refractivity contribution in [1.82, 2.24) is 29.8 Å². The average molecular weight is 411 g/mol. The molecule has 0 aromatic carbocycles. The van der Waals surface area contributed by atoms with Gasteiger partial charge in [-0.1, -0.05) is 0 Å². The number of hydrogen-bond acceptors (Lipinski definition) is 8.